The maximum absolute atomic E-state index is 4.71. The van der Waals surface area contributed by atoms with Crippen molar-refractivity contribution in [3.63, 3.8) is 0 Å². The third-order valence-electron chi connectivity index (χ3n) is 0. The molecule has 0 heterocycles. The maximum atomic E-state index is 4.71. The van der Waals surface area contributed by atoms with Crippen LogP contribution >= 0.6 is 73.7 Å². The van der Waals surface area contributed by atoms with Crippen molar-refractivity contribution in [2.45, 2.75) is 13.8 Å². The minimum Gasteiger partial charge on any atom is -0.570 e. The van der Waals surface area contributed by atoms with Crippen LogP contribution in [0.15, 0.2) is 0 Å². The molecule has 0 aromatic carbocycles. The quantitative estimate of drug-likeness (QED) is 0.0830. The number of thiol groups is 1. The third kappa shape index (κ3) is 22700. The predicted octanol–water partition coefficient (Wildman–Crippen LogP) is 1.79. The molecule has 0 aliphatic carbocycles. The fourth-order valence-corrected chi connectivity index (χ4v) is 0. The zero-order valence-electron chi connectivity index (χ0n) is 16.4. The number of rotatable bonds is 0. The molecule has 0 bridgehead atoms. The number of hydrogen-bond acceptors (Lipinski definition) is 5. The van der Waals surface area contributed by atoms with Crippen LogP contribution in [0.4, 0.5) is 0 Å². The van der Waals surface area contributed by atoms with E-state index in [9.17, 15) is 0 Å². The molecular weight excluding hydrogens is 549 g/mol. The van der Waals surface area contributed by atoms with Gasteiger partial charge in [0.1, 0.15) is 4.32 Å². The van der Waals surface area contributed by atoms with E-state index in [1.807, 2.05) is 22.0 Å². The Morgan fingerprint density at radius 3 is 0.731 bits per heavy atom. The smallest absolute Gasteiger partial charge is 0.128 e. The average molecular weight is 581 g/mol. The normalized spacial score (nSPS) is 3.96. The van der Waals surface area contributed by atoms with Gasteiger partial charge in [-0.1, -0.05) is 12.2 Å². The van der Waals surface area contributed by atoms with Crippen molar-refractivity contribution >= 4 is 109 Å². The second kappa shape index (κ2) is 165. The van der Waals surface area contributed by atoms with Crippen molar-refractivity contribution < 1.29 is 35.7 Å². The standard InChI is InChI=1S/2C2H4.CH3NS2.4CH2NS.4CH3.2Zn/c2*1-2;2-1(3)4;4*2-1-3;;;;;;/h2*1H,2H3;(H3,2,3,4);4*(H2,2,3);4*1H3;;/q;;;8*-1;;. The molecule has 0 aliphatic heterocycles. The summed E-state index contributed by atoms with van der Waals surface area (Å²) in [6, 6.07) is 0. The van der Waals surface area contributed by atoms with Gasteiger partial charge in [0.25, 0.3) is 0 Å². The molecule has 0 radical (unpaired) electrons. The minimum absolute atomic E-state index is 0. The van der Waals surface area contributed by atoms with Gasteiger partial charge < -0.3 is 129 Å². The molecule has 0 saturated heterocycles. The summed E-state index contributed by atoms with van der Waals surface area (Å²) in [6.45, 7) is 4.11. The first kappa shape index (κ1) is 71.5. The first-order valence-electron chi connectivity index (χ1n) is 4.66. The fraction of sp³-hybridized carbons (Fsp3) is 0.154. The molecule has 10 N–H and O–H groups in total. The van der Waals surface area contributed by atoms with Gasteiger partial charge in [-0.2, -0.15) is 0 Å². The molecule has 0 atom stereocenters. The van der Waals surface area contributed by atoms with Gasteiger partial charge in [-0.15, -0.1) is 12.6 Å². The Bertz CT molecular complexity index is 199. The summed E-state index contributed by atoms with van der Waals surface area (Å²) < 4.78 is 4.44. The molecule has 26 heavy (non-hydrogen) atoms. The molecule has 0 saturated carbocycles. The van der Waals surface area contributed by atoms with Gasteiger partial charge in [0, 0.05) is 0 Å². The van der Waals surface area contributed by atoms with E-state index >= 15 is 0 Å². The van der Waals surface area contributed by atoms with Crippen LogP contribution in [0.3, 0.4) is 0 Å². The summed E-state index contributed by atoms with van der Waals surface area (Å²) >= 11 is 26.0. The third-order valence-corrected chi connectivity index (χ3v) is 0. The minimum atomic E-state index is 0. The Kier molecular flexibility index (Phi) is 455. The Hall–Kier alpha value is 0.787. The van der Waals surface area contributed by atoms with Crippen molar-refractivity contribution in [3.05, 3.63) is 29.7 Å². The van der Waals surface area contributed by atoms with Crippen LogP contribution in [-0.4, -0.2) is 35.5 Å². The van der Waals surface area contributed by atoms with Crippen LogP contribution in [0.5, 0.6) is 0 Å². The summed E-state index contributed by atoms with van der Waals surface area (Å²) in [4.78, 5) is 0. The number of nitrogens with two attached hydrogens (primary N) is 5. The van der Waals surface area contributed by atoms with Gasteiger partial charge in [-0.3, -0.25) is 0 Å². The van der Waals surface area contributed by atoms with Crippen molar-refractivity contribution in [1.29, 1.82) is 0 Å². The van der Waals surface area contributed by atoms with Crippen LogP contribution in [0, 0.1) is 29.7 Å². The molecule has 0 amide bonds. The SMILES string of the molecule is C[CH]=[Zn].C[CH]=[Zn].NC(=S)S.N[C-]=S.N[C-]=S.N[C-]=S.N[C-]=S.[CH3-].[CH3-].[CH3-].[CH3-]. The van der Waals surface area contributed by atoms with Crippen LogP contribution in [0.2, 0.25) is 0 Å². The van der Waals surface area contributed by atoms with Crippen molar-refractivity contribution in [2.24, 2.45) is 28.7 Å². The van der Waals surface area contributed by atoms with Gasteiger partial charge in [0.05, 0.1) is 0 Å². The first-order chi connectivity index (χ1) is 10.2. The number of hydrogen-bond donors (Lipinski definition) is 6. The predicted molar refractivity (Wildman–Crippen MR) is 142 cm³/mol. The van der Waals surface area contributed by atoms with Crippen molar-refractivity contribution in [3.8, 4) is 0 Å². The molecule has 5 nitrogen and oxygen atoms in total. The van der Waals surface area contributed by atoms with E-state index < -0.39 is 0 Å². The van der Waals surface area contributed by atoms with E-state index in [2.05, 4.69) is 120 Å². The Balaban J connectivity index is -0.0000000110. The van der Waals surface area contributed by atoms with Crippen LogP contribution in [0.1, 0.15) is 13.8 Å². The van der Waals surface area contributed by atoms with E-state index in [0.717, 1.165) is 0 Å². The van der Waals surface area contributed by atoms with Gasteiger partial charge >= 0.3 is 58.8 Å². The molecule has 0 rings (SSSR count). The zero-order valence-corrected chi connectivity index (χ0v) is 27.4. The van der Waals surface area contributed by atoms with Crippen molar-refractivity contribution in [1.82, 2.24) is 0 Å². The van der Waals surface area contributed by atoms with Gasteiger partial charge in [-0.25, -0.2) is 0 Å². The van der Waals surface area contributed by atoms with Crippen LogP contribution in [-0.2, 0) is 35.7 Å². The van der Waals surface area contributed by atoms with Crippen LogP contribution in [0.25, 0.3) is 0 Å². The van der Waals surface area contributed by atoms with E-state index in [-0.39, 0.29) is 34.0 Å². The van der Waals surface area contributed by atoms with E-state index in [0.29, 0.717) is 0 Å². The van der Waals surface area contributed by atoms with Gasteiger partial charge in [0.2, 0.25) is 0 Å². The molecular formula is C13H31N5S6Zn2-8. The number of thiocarbonyl (C=S) groups is 5. The fourth-order valence-electron chi connectivity index (χ4n) is 0. The summed E-state index contributed by atoms with van der Waals surface area (Å²) in [7, 11) is 0. The van der Waals surface area contributed by atoms with Crippen molar-refractivity contribution in [2.75, 3.05) is 0 Å². The molecule has 156 valence electrons. The second-order valence-electron chi connectivity index (χ2n) is 1.63. The topological polar surface area (TPSA) is 130 Å². The summed E-state index contributed by atoms with van der Waals surface area (Å²) in [5.74, 6) is 0. The molecule has 0 fully saturated rings. The summed E-state index contributed by atoms with van der Waals surface area (Å²) in [6.07, 6.45) is 0. The molecule has 0 aliphatic rings. The Morgan fingerprint density at radius 2 is 0.731 bits per heavy atom. The van der Waals surface area contributed by atoms with Gasteiger partial charge in [-0.05, 0) is 0 Å². The second-order valence-corrected chi connectivity index (χ2v) is 7.22. The van der Waals surface area contributed by atoms with E-state index in [4.69, 9.17) is 5.73 Å². The van der Waals surface area contributed by atoms with Gasteiger partial charge in [0.15, 0.2) is 0 Å². The Labute approximate surface area is 215 Å². The van der Waals surface area contributed by atoms with E-state index in [1.165, 1.54) is 35.7 Å². The average Bonchev–Trinajstić information content (AvgIpc) is 2.33. The molecule has 0 unspecified atom stereocenters. The summed E-state index contributed by atoms with van der Waals surface area (Å²) in [5.41, 5.74) is 29.7. The molecule has 0 aromatic rings. The summed E-state index contributed by atoms with van der Waals surface area (Å²) in [5, 5.41) is 0. The first-order valence-corrected chi connectivity index (χ1v) is 10.6. The Morgan fingerprint density at radius 1 is 0.731 bits per heavy atom. The monoisotopic (exact) mass is 577 g/mol. The van der Waals surface area contributed by atoms with Crippen LogP contribution < -0.4 is 28.7 Å². The molecule has 0 aromatic heterocycles. The molecule has 13 heteroatoms. The maximum Gasteiger partial charge on any atom is 0.128 e. The van der Waals surface area contributed by atoms with E-state index in [1.54, 1.807) is 0 Å². The molecule has 0 spiro atoms. The zero-order chi connectivity index (χ0) is 19.8. The largest absolute Gasteiger partial charge is 0.570 e.